The minimum Gasteiger partial charge on any atom is -0.489 e. The molecule has 0 fully saturated rings. The molecule has 0 unspecified atom stereocenters. The van der Waals surface area contributed by atoms with Crippen molar-refractivity contribution in [1.29, 1.82) is 0 Å². The fraction of sp³-hybridized carbons (Fsp3) is 0.200. The molecule has 0 aliphatic heterocycles. The topological polar surface area (TPSA) is 21.3 Å². The molecule has 1 N–H and O–H groups in total. The lowest BCUT2D eigenvalue weighted by Crippen LogP contribution is -2.09. The van der Waals surface area contributed by atoms with Crippen LogP contribution in [0.2, 0.25) is 5.02 Å². The molecule has 100 valence electrons. The quantitative estimate of drug-likeness (QED) is 0.899. The Kier molecular flexibility index (Phi) is 4.77. The fourth-order valence-electron chi connectivity index (χ4n) is 1.79. The molecule has 0 bridgehead atoms. The third-order valence-electron chi connectivity index (χ3n) is 2.77. The molecule has 2 aromatic carbocycles. The van der Waals surface area contributed by atoms with Crippen molar-refractivity contribution in [3.63, 3.8) is 0 Å². The Bertz CT molecular complexity index is 560. The first-order chi connectivity index (χ1) is 9.20. The Morgan fingerprint density at radius 3 is 2.58 bits per heavy atom. The number of ether oxygens (including phenoxy) is 1. The predicted octanol–water partition coefficient (Wildman–Crippen LogP) is 3.78. The second-order valence-corrected chi connectivity index (χ2v) is 4.57. The van der Waals surface area contributed by atoms with Crippen LogP contribution in [0.25, 0.3) is 0 Å². The van der Waals surface area contributed by atoms with Gasteiger partial charge >= 0.3 is 0 Å². The summed E-state index contributed by atoms with van der Waals surface area (Å²) in [7, 11) is 1.90. The normalized spacial score (nSPS) is 10.5. The summed E-state index contributed by atoms with van der Waals surface area (Å²) in [6, 6.07) is 12.4. The SMILES string of the molecule is CNCc1ccccc1COc1ccc(Cl)c(F)c1. The fourth-order valence-corrected chi connectivity index (χ4v) is 1.91. The summed E-state index contributed by atoms with van der Waals surface area (Å²) in [5.74, 6) is 0.00355. The molecular weight excluding hydrogens is 265 g/mol. The average Bonchev–Trinajstić information content (AvgIpc) is 2.42. The summed E-state index contributed by atoms with van der Waals surface area (Å²) in [6.07, 6.45) is 0. The Labute approximate surface area is 117 Å². The summed E-state index contributed by atoms with van der Waals surface area (Å²) >= 11 is 5.63. The van der Waals surface area contributed by atoms with Crippen LogP contribution >= 0.6 is 11.6 Å². The van der Waals surface area contributed by atoms with E-state index >= 15 is 0 Å². The van der Waals surface area contributed by atoms with E-state index in [9.17, 15) is 4.39 Å². The van der Waals surface area contributed by atoms with Gasteiger partial charge < -0.3 is 10.1 Å². The van der Waals surface area contributed by atoms with Crippen LogP contribution in [0.1, 0.15) is 11.1 Å². The van der Waals surface area contributed by atoms with Gasteiger partial charge in [-0.25, -0.2) is 4.39 Å². The maximum Gasteiger partial charge on any atom is 0.145 e. The molecule has 0 saturated carbocycles. The molecule has 0 aromatic heterocycles. The highest BCUT2D eigenvalue weighted by molar-refractivity contribution is 6.30. The lowest BCUT2D eigenvalue weighted by Gasteiger charge is -2.11. The molecule has 2 nitrogen and oxygen atoms in total. The Hall–Kier alpha value is -1.58. The van der Waals surface area contributed by atoms with Gasteiger partial charge in [-0.2, -0.15) is 0 Å². The molecule has 19 heavy (non-hydrogen) atoms. The van der Waals surface area contributed by atoms with Crippen LogP contribution in [-0.2, 0) is 13.2 Å². The molecule has 0 spiro atoms. The zero-order valence-corrected chi connectivity index (χ0v) is 11.4. The molecule has 0 radical (unpaired) electrons. The minimum absolute atomic E-state index is 0.0999. The minimum atomic E-state index is -0.470. The van der Waals surface area contributed by atoms with Crippen molar-refractivity contribution >= 4 is 11.6 Å². The van der Waals surface area contributed by atoms with E-state index in [1.807, 2.05) is 31.3 Å². The summed E-state index contributed by atoms with van der Waals surface area (Å²) in [5.41, 5.74) is 2.24. The van der Waals surface area contributed by atoms with E-state index in [1.165, 1.54) is 17.7 Å². The van der Waals surface area contributed by atoms with Crippen molar-refractivity contribution < 1.29 is 9.13 Å². The van der Waals surface area contributed by atoms with Crippen molar-refractivity contribution in [3.8, 4) is 5.75 Å². The van der Waals surface area contributed by atoms with Gasteiger partial charge in [-0.1, -0.05) is 35.9 Å². The highest BCUT2D eigenvalue weighted by Crippen LogP contribution is 2.21. The third-order valence-corrected chi connectivity index (χ3v) is 3.08. The van der Waals surface area contributed by atoms with Crippen LogP contribution in [-0.4, -0.2) is 7.05 Å². The molecule has 0 saturated heterocycles. The van der Waals surface area contributed by atoms with Crippen LogP contribution in [0.5, 0.6) is 5.75 Å². The van der Waals surface area contributed by atoms with Crippen LogP contribution in [0.3, 0.4) is 0 Å². The number of rotatable bonds is 5. The molecule has 2 rings (SSSR count). The van der Waals surface area contributed by atoms with Crippen molar-refractivity contribution in [1.82, 2.24) is 5.32 Å². The second-order valence-electron chi connectivity index (χ2n) is 4.16. The van der Waals surface area contributed by atoms with Gasteiger partial charge in [-0.3, -0.25) is 0 Å². The molecule has 0 aliphatic carbocycles. The van der Waals surface area contributed by atoms with Gasteiger partial charge in [0.05, 0.1) is 5.02 Å². The van der Waals surface area contributed by atoms with Crippen LogP contribution in [0.4, 0.5) is 4.39 Å². The van der Waals surface area contributed by atoms with Gasteiger partial charge in [0.25, 0.3) is 0 Å². The van der Waals surface area contributed by atoms with E-state index in [2.05, 4.69) is 5.32 Å². The molecule has 0 aliphatic rings. The van der Waals surface area contributed by atoms with Crippen molar-refractivity contribution in [2.45, 2.75) is 13.2 Å². The van der Waals surface area contributed by atoms with Gasteiger partial charge in [0, 0.05) is 12.6 Å². The summed E-state index contributed by atoms with van der Waals surface area (Å²) in [5, 5.41) is 3.21. The summed E-state index contributed by atoms with van der Waals surface area (Å²) in [6.45, 7) is 1.17. The van der Waals surface area contributed by atoms with E-state index in [4.69, 9.17) is 16.3 Å². The molecular formula is C15H15ClFNO. The van der Waals surface area contributed by atoms with E-state index in [0.29, 0.717) is 12.4 Å². The zero-order chi connectivity index (χ0) is 13.7. The Morgan fingerprint density at radius 1 is 1.16 bits per heavy atom. The number of nitrogens with one attached hydrogen (secondary N) is 1. The number of halogens is 2. The van der Waals surface area contributed by atoms with Gasteiger partial charge in [0.1, 0.15) is 18.2 Å². The van der Waals surface area contributed by atoms with Crippen molar-refractivity contribution in [2.75, 3.05) is 7.05 Å². The number of hydrogen-bond donors (Lipinski definition) is 1. The maximum absolute atomic E-state index is 13.3. The van der Waals surface area contributed by atoms with Gasteiger partial charge in [0.15, 0.2) is 0 Å². The third kappa shape index (κ3) is 3.69. The van der Waals surface area contributed by atoms with E-state index < -0.39 is 5.82 Å². The van der Waals surface area contributed by atoms with E-state index in [-0.39, 0.29) is 5.02 Å². The summed E-state index contributed by atoms with van der Waals surface area (Å²) < 4.78 is 18.9. The van der Waals surface area contributed by atoms with Gasteiger partial charge in [-0.15, -0.1) is 0 Å². The first kappa shape index (κ1) is 13.8. The van der Waals surface area contributed by atoms with Crippen molar-refractivity contribution in [2.24, 2.45) is 0 Å². The maximum atomic E-state index is 13.3. The Balaban J connectivity index is 2.07. The largest absolute Gasteiger partial charge is 0.489 e. The Morgan fingerprint density at radius 2 is 1.89 bits per heavy atom. The van der Waals surface area contributed by atoms with E-state index in [0.717, 1.165) is 12.1 Å². The number of hydrogen-bond acceptors (Lipinski definition) is 2. The monoisotopic (exact) mass is 279 g/mol. The smallest absolute Gasteiger partial charge is 0.145 e. The highest BCUT2D eigenvalue weighted by atomic mass is 35.5. The molecule has 0 amide bonds. The van der Waals surface area contributed by atoms with Crippen LogP contribution in [0.15, 0.2) is 42.5 Å². The standard InChI is InChI=1S/C15H15ClFNO/c1-18-9-11-4-2-3-5-12(11)10-19-13-6-7-14(16)15(17)8-13/h2-8,18H,9-10H2,1H3. The summed E-state index contributed by atoms with van der Waals surface area (Å²) in [4.78, 5) is 0. The highest BCUT2D eigenvalue weighted by Gasteiger charge is 2.04. The molecule has 0 heterocycles. The molecule has 2 aromatic rings. The van der Waals surface area contributed by atoms with Crippen LogP contribution in [0, 0.1) is 5.82 Å². The lowest BCUT2D eigenvalue weighted by molar-refractivity contribution is 0.303. The predicted molar refractivity (Wildman–Crippen MR) is 74.9 cm³/mol. The average molecular weight is 280 g/mol. The second kappa shape index (κ2) is 6.55. The van der Waals surface area contributed by atoms with E-state index in [1.54, 1.807) is 6.07 Å². The van der Waals surface area contributed by atoms with Crippen LogP contribution < -0.4 is 10.1 Å². The van der Waals surface area contributed by atoms with Crippen molar-refractivity contribution in [3.05, 3.63) is 64.4 Å². The number of benzene rings is 2. The first-order valence-corrected chi connectivity index (χ1v) is 6.37. The van der Waals surface area contributed by atoms with Gasteiger partial charge in [0.2, 0.25) is 0 Å². The first-order valence-electron chi connectivity index (χ1n) is 6.00. The zero-order valence-electron chi connectivity index (χ0n) is 10.6. The molecule has 0 atom stereocenters. The lowest BCUT2D eigenvalue weighted by atomic mass is 10.1. The molecule has 4 heteroatoms. The van der Waals surface area contributed by atoms with Gasteiger partial charge in [-0.05, 0) is 30.3 Å².